The first-order chi connectivity index (χ1) is 13.5. The van der Waals surface area contributed by atoms with Crippen LogP contribution in [0.25, 0.3) is 0 Å². The zero-order valence-corrected chi connectivity index (χ0v) is 15.9. The summed E-state index contributed by atoms with van der Waals surface area (Å²) in [4.78, 5) is 22.9. The van der Waals surface area contributed by atoms with E-state index in [1.807, 2.05) is 13.0 Å². The Balaban J connectivity index is 1.43. The van der Waals surface area contributed by atoms with Crippen molar-refractivity contribution < 1.29 is 9.72 Å². The minimum Gasteiger partial charge on any atom is -0.379 e. The third kappa shape index (κ3) is 5.03. The number of aromatic nitrogens is 3. The van der Waals surface area contributed by atoms with Gasteiger partial charge in [-0.25, -0.2) is 4.68 Å². The van der Waals surface area contributed by atoms with Crippen LogP contribution < -0.4 is 16.0 Å². The second-order valence-corrected chi connectivity index (χ2v) is 6.88. The van der Waals surface area contributed by atoms with Crippen LogP contribution in [0.4, 0.5) is 11.4 Å². The summed E-state index contributed by atoms with van der Waals surface area (Å²) in [5.41, 5.74) is 1.67. The summed E-state index contributed by atoms with van der Waals surface area (Å²) in [6.07, 6.45) is 4.26. The number of rotatable bonds is 8. The minimum atomic E-state index is -0.400. The van der Waals surface area contributed by atoms with E-state index < -0.39 is 4.92 Å². The summed E-state index contributed by atoms with van der Waals surface area (Å²) in [5.74, 6) is -0.262. The predicted molar refractivity (Wildman–Crippen MR) is 104 cm³/mol. The van der Waals surface area contributed by atoms with Gasteiger partial charge in [-0.1, -0.05) is 11.3 Å². The van der Waals surface area contributed by atoms with Crippen molar-refractivity contribution in [3.8, 4) is 0 Å². The highest BCUT2D eigenvalue weighted by atomic mass is 16.6. The Morgan fingerprint density at radius 1 is 1.36 bits per heavy atom. The van der Waals surface area contributed by atoms with Crippen molar-refractivity contribution in [1.82, 2.24) is 25.6 Å². The van der Waals surface area contributed by atoms with Gasteiger partial charge < -0.3 is 16.0 Å². The molecule has 1 amide bonds. The molecule has 0 atom stereocenters. The van der Waals surface area contributed by atoms with Crippen LogP contribution in [0.3, 0.4) is 0 Å². The van der Waals surface area contributed by atoms with E-state index in [0.29, 0.717) is 30.9 Å². The minimum absolute atomic E-state index is 0.0542. The first-order valence-electron chi connectivity index (χ1n) is 9.44. The normalized spacial score (nSPS) is 14.6. The van der Waals surface area contributed by atoms with Gasteiger partial charge in [0.05, 0.1) is 17.2 Å². The van der Waals surface area contributed by atoms with Gasteiger partial charge in [-0.15, -0.1) is 5.10 Å². The van der Waals surface area contributed by atoms with Gasteiger partial charge in [0.25, 0.3) is 11.6 Å². The number of amides is 1. The van der Waals surface area contributed by atoms with E-state index in [9.17, 15) is 14.9 Å². The molecule has 10 heteroatoms. The number of piperidine rings is 1. The number of nitro benzene ring substituents is 1. The number of carbonyl (C=O) groups is 1. The summed E-state index contributed by atoms with van der Waals surface area (Å²) in [6, 6.07) is 5.34. The maximum Gasteiger partial charge on any atom is 0.292 e. The molecule has 2 heterocycles. The number of anilines is 1. The first-order valence-corrected chi connectivity index (χ1v) is 9.44. The van der Waals surface area contributed by atoms with Crippen LogP contribution in [-0.4, -0.2) is 52.0 Å². The number of hydrogen-bond donors (Lipinski definition) is 3. The lowest BCUT2D eigenvalue weighted by Crippen LogP contribution is -2.29. The van der Waals surface area contributed by atoms with Gasteiger partial charge in [0.1, 0.15) is 5.69 Å². The lowest BCUT2D eigenvalue weighted by Gasteiger charge is -2.22. The van der Waals surface area contributed by atoms with Crippen LogP contribution >= 0.6 is 0 Å². The number of carbonyl (C=O) groups excluding carboxylic acids is 1. The van der Waals surface area contributed by atoms with Crippen LogP contribution in [0.5, 0.6) is 0 Å². The average Bonchev–Trinajstić information content (AvgIpc) is 3.19. The van der Waals surface area contributed by atoms with Crippen LogP contribution in [-0.2, 0) is 0 Å². The molecule has 1 aromatic heterocycles. The van der Waals surface area contributed by atoms with E-state index >= 15 is 0 Å². The van der Waals surface area contributed by atoms with Gasteiger partial charge in [0, 0.05) is 19.2 Å². The summed E-state index contributed by atoms with van der Waals surface area (Å²) in [6.45, 7) is 4.64. The van der Waals surface area contributed by atoms with E-state index in [0.717, 1.165) is 31.5 Å². The number of nitrogens with zero attached hydrogens (tertiary/aromatic N) is 4. The number of benzene rings is 1. The summed E-state index contributed by atoms with van der Waals surface area (Å²) < 4.78 is 1.77. The Labute approximate surface area is 162 Å². The standard InChI is InChI=1S/C18H25N7O3/c1-13-3-4-15(17(11-13)25(27)28)20-7-2-8-21-18(26)16-12-24(23-22-16)14-5-9-19-10-6-14/h3-4,11-12,14,19-20H,2,5-10H2,1H3,(H,21,26). The maximum atomic E-state index is 12.2. The second-order valence-electron chi connectivity index (χ2n) is 6.88. The Morgan fingerprint density at radius 2 is 2.14 bits per heavy atom. The summed E-state index contributed by atoms with van der Waals surface area (Å²) in [7, 11) is 0. The monoisotopic (exact) mass is 387 g/mol. The van der Waals surface area contributed by atoms with Crippen LogP contribution in [0.15, 0.2) is 24.4 Å². The number of nitro groups is 1. The lowest BCUT2D eigenvalue weighted by atomic mass is 10.1. The van der Waals surface area contributed by atoms with Gasteiger partial charge in [0.15, 0.2) is 5.69 Å². The lowest BCUT2D eigenvalue weighted by molar-refractivity contribution is -0.384. The first kappa shape index (κ1) is 19.7. The highest BCUT2D eigenvalue weighted by Gasteiger charge is 2.18. The van der Waals surface area contributed by atoms with Gasteiger partial charge in [0.2, 0.25) is 0 Å². The van der Waals surface area contributed by atoms with Crippen molar-refractivity contribution in [3.05, 3.63) is 45.8 Å². The van der Waals surface area contributed by atoms with Crippen molar-refractivity contribution >= 4 is 17.3 Å². The van der Waals surface area contributed by atoms with E-state index in [4.69, 9.17) is 0 Å². The van der Waals surface area contributed by atoms with Crippen molar-refractivity contribution in [2.75, 3.05) is 31.5 Å². The van der Waals surface area contributed by atoms with E-state index in [1.54, 1.807) is 16.9 Å². The Hall–Kier alpha value is -3.01. The summed E-state index contributed by atoms with van der Waals surface area (Å²) >= 11 is 0. The van der Waals surface area contributed by atoms with E-state index in [-0.39, 0.29) is 17.6 Å². The van der Waals surface area contributed by atoms with Gasteiger partial charge in [-0.3, -0.25) is 14.9 Å². The molecular formula is C18H25N7O3. The maximum absolute atomic E-state index is 12.2. The molecule has 0 bridgehead atoms. The molecule has 0 aliphatic carbocycles. The molecule has 10 nitrogen and oxygen atoms in total. The molecule has 3 rings (SSSR count). The van der Waals surface area contributed by atoms with E-state index in [1.165, 1.54) is 6.07 Å². The molecule has 150 valence electrons. The Kier molecular flexibility index (Phi) is 6.53. The molecule has 0 saturated carbocycles. The number of aryl methyl sites for hydroxylation is 1. The molecule has 1 aromatic carbocycles. The van der Waals surface area contributed by atoms with Gasteiger partial charge in [-0.2, -0.15) is 0 Å². The fourth-order valence-electron chi connectivity index (χ4n) is 3.18. The van der Waals surface area contributed by atoms with Crippen molar-refractivity contribution in [3.63, 3.8) is 0 Å². The van der Waals surface area contributed by atoms with Crippen LogP contribution in [0.1, 0.15) is 41.4 Å². The third-order valence-electron chi connectivity index (χ3n) is 4.73. The molecule has 2 aromatic rings. The number of hydrogen-bond acceptors (Lipinski definition) is 7. The second kappa shape index (κ2) is 9.27. The van der Waals surface area contributed by atoms with Crippen molar-refractivity contribution in [2.45, 2.75) is 32.2 Å². The van der Waals surface area contributed by atoms with Crippen LogP contribution in [0, 0.1) is 17.0 Å². The summed E-state index contributed by atoms with van der Waals surface area (Å²) in [5, 5.41) is 28.3. The SMILES string of the molecule is Cc1ccc(NCCCNC(=O)c2cn(C3CCNCC3)nn2)c([N+](=O)[O-])c1. The molecule has 1 aliphatic rings. The Bertz CT molecular complexity index is 830. The van der Waals surface area contributed by atoms with Crippen molar-refractivity contribution in [2.24, 2.45) is 0 Å². The predicted octanol–water partition coefficient (Wildman–Crippen LogP) is 1.65. The number of nitrogens with one attached hydrogen (secondary N) is 3. The van der Waals surface area contributed by atoms with Crippen LogP contribution in [0.2, 0.25) is 0 Å². The highest BCUT2D eigenvalue weighted by Crippen LogP contribution is 2.25. The molecular weight excluding hydrogens is 362 g/mol. The van der Waals surface area contributed by atoms with Gasteiger partial charge in [-0.05, 0) is 50.9 Å². The molecule has 1 aliphatic heterocycles. The molecule has 0 unspecified atom stereocenters. The zero-order chi connectivity index (χ0) is 19.9. The molecule has 1 saturated heterocycles. The zero-order valence-electron chi connectivity index (χ0n) is 15.9. The smallest absolute Gasteiger partial charge is 0.292 e. The fourth-order valence-corrected chi connectivity index (χ4v) is 3.18. The van der Waals surface area contributed by atoms with E-state index in [2.05, 4.69) is 26.3 Å². The molecule has 1 fully saturated rings. The molecule has 3 N–H and O–H groups in total. The largest absolute Gasteiger partial charge is 0.379 e. The topological polar surface area (TPSA) is 127 Å². The highest BCUT2D eigenvalue weighted by molar-refractivity contribution is 5.91. The van der Waals surface area contributed by atoms with Gasteiger partial charge >= 0.3 is 0 Å². The quantitative estimate of drug-likeness (QED) is 0.357. The molecule has 28 heavy (non-hydrogen) atoms. The average molecular weight is 387 g/mol. The Morgan fingerprint density at radius 3 is 2.89 bits per heavy atom. The molecule has 0 radical (unpaired) electrons. The fraction of sp³-hybridized carbons (Fsp3) is 0.500. The van der Waals surface area contributed by atoms with Crippen molar-refractivity contribution in [1.29, 1.82) is 0 Å². The third-order valence-corrected chi connectivity index (χ3v) is 4.73. The molecule has 0 spiro atoms.